The van der Waals surface area contributed by atoms with Crippen LogP contribution in [0.25, 0.3) is 10.4 Å². The molecule has 3 nitrogen and oxygen atoms in total. The van der Waals surface area contributed by atoms with Gasteiger partial charge in [-0.3, -0.25) is 0 Å². The molecule has 7 heavy (non-hydrogen) atoms. The van der Waals surface area contributed by atoms with Crippen LogP contribution in [0.1, 0.15) is 0 Å². The van der Waals surface area contributed by atoms with Gasteiger partial charge in [0.1, 0.15) is 0 Å². The first-order valence-electron chi connectivity index (χ1n) is 1.59. The second kappa shape index (κ2) is 16.9. The summed E-state index contributed by atoms with van der Waals surface area (Å²) in [5.74, 6) is 0. The minimum atomic E-state index is 1.17. The summed E-state index contributed by atoms with van der Waals surface area (Å²) in [5.41, 5.74) is 12.2. The molecule has 0 aliphatic rings. The zero-order valence-corrected chi connectivity index (χ0v) is 6.74. The Labute approximate surface area is 55.9 Å². The summed E-state index contributed by atoms with van der Waals surface area (Å²) >= 11 is 1.55. The molecule has 0 bridgehead atoms. The van der Waals surface area contributed by atoms with E-state index in [1.54, 1.807) is 27.4 Å². The molecular formula is C3H6N3Sn. The minimum absolute atomic E-state index is 1.17. The van der Waals surface area contributed by atoms with Gasteiger partial charge >= 0.3 is 39.6 Å². The third-order valence-corrected chi connectivity index (χ3v) is 0.968. The van der Waals surface area contributed by atoms with Gasteiger partial charge in [-0.15, -0.1) is 5.53 Å². The average Bonchev–Trinajstić information content (AvgIpc) is 1.69. The third kappa shape index (κ3) is 120. The summed E-state index contributed by atoms with van der Waals surface area (Å²) in [6.07, 6.45) is 1.92. The topological polar surface area (TPSA) is 60.3 Å². The van der Waals surface area contributed by atoms with Gasteiger partial charge < -0.3 is 0 Å². The SMILES string of the molecule is C=C[CH2][Sn].[N-]=[N+]=N. The van der Waals surface area contributed by atoms with Crippen molar-refractivity contribution in [2.24, 2.45) is 0 Å². The maximum absolute atomic E-state index is 6.86. The molecule has 4 heteroatoms. The number of nitrogens with zero attached hydrogens (tertiary/aromatic N) is 2. The number of hydrogen-bond donors (Lipinski definition) is 1. The van der Waals surface area contributed by atoms with Gasteiger partial charge in [0.15, 0.2) is 0 Å². The van der Waals surface area contributed by atoms with E-state index in [0.717, 1.165) is 0 Å². The molecule has 0 aliphatic carbocycles. The molecule has 0 unspecified atom stereocenters. The van der Waals surface area contributed by atoms with E-state index in [1.807, 2.05) is 6.08 Å². The van der Waals surface area contributed by atoms with Crippen LogP contribution in [0.5, 0.6) is 0 Å². The van der Waals surface area contributed by atoms with Crippen molar-refractivity contribution in [1.82, 2.24) is 0 Å². The fourth-order valence-corrected chi connectivity index (χ4v) is 0. The maximum Gasteiger partial charge on any atom is -0.00208 e. The second-order valence-electron chi connectivity index (χ2n) is 0.593. The van der Waals surface area contributed by atoms with Gasteiger partial charge in [0.2, 0.25) is 0 Å². The molecule has 0 fully saturated rings. The molecule has 0 aliphatic heterocycles. The van der Waals surface area contributed by atoms with Gasteiger partial charge in [-0.1, -0.05) is 0 Å². The van der Waals surface area contributed by atoms with Crippen molar-refractivity contribution in [2.45, 2.75) is 4.44 Å². The van der Waals surface area contributed by atoms with Crippen LogP contribution in [-0.2, 0) is 0 Å². The van der Waals surface area contributed by atoms with E-state index in [1.165, 1.54) is 4.44 Å². The van der Waals surface area contributed by atoms with Crippen LogP contribution >= 0.6 is 0 Å². The normalized spacial score (nSPS) is 4.71. The molecule has 0 aromatic carbocycles. The predicted octanol–water partition coefficient (Wildman–Crippen LogP) is 1.63. The van der Waals surface area contributed by atoms with Crippen molar-refractivity contribution >= 4 is 22.5 Å². The molecule has 3 radical (unpaired) electrons. The van der Waals surface area contributed by atoms with E-state index in [2.05, 4.69) is 6.58 Å². The fraction of sp³-hybridized carbons (Fsp3) is 0.333. The molecule has 1 N–H and O–H groups in total. The van der Waals surface area contributed by atoms with Crippen LogP contribution in [-0.4, -0.2) is 22.5 Å². The Morgan fingerprint density at radius 1 is 2.00 bits per heavy atom. The molecule has 0 atom stereocenters. The molecular weight excluding hydrogens is 197 g/mol. The second-order valence-corrected chi connectivity index (χ2v) is 1.76. The van der Waals surface area contributed by atoms with Crippen LogP contribution < -0.4 is 0 Å². The third-order valence-electron chi connectivity index (χ3n) is 0.144. The Hall–Kier alpha value is -0.151. The van der Waals surface area contributed by atoms with E-state index in [4.69, 9.17) is 11.1 Å². The van der Waals surface area contributed by atoms with Gasteiger partial charge in [0.25, 0.3) is 0 Å². The Bertz CT molecular complexity index is 64.6. The van der Waals surface area contributed by atoms with Crippen molar-refractivity contribution in [2.75, 3.05) is 0 Å². The van der Waals surface area contributed by atoms with Crippen LogP contribution in [0, 0.1) is 5.53 Å². The summed E-state index contributed by atoms with van der Waals surface area (Å²) in [6.45, 7) is 3.50. The number of nitrogens with one attached hydrogen (secondary N) is 1. The molecule has 0 amide bonds. The Morgan fingerprint density at radius 3 is 2.14 bits per heavy atom. The molecule has 0 aromatic heterocycles. The summed E-state index contributed by atoms with van der Waals surface area (Å²) in [4.78, 5) is 1.75. The van der Waals surface area contributed by atoms with Crippen LogP contribution in [0.15, 0.2) is 12.7 Å². The monoisotopic (exact) mass is 204 g/mol. The van der Waals surface area contributed by atoms with Gasteiger partial charge in [-0.05, 0) is 10.4 Å². The summed E-state index contributed by atoms with van der Waals surface area (Å²) < 4.78 is 1.17. The van der Waals surface area contributed by atoms with E-state index >= 15 is 0 Å². The molecule has 37 valence electrons. The molecule has 0 aromatic rings. The largest absolute Gasteiger partial charge is 0.108 e. The van der Waals surface area contributed by atoms with Gasteiger partial charge in [-0.25, -0.2) is 0 Å². The van der Waals surface area contributed by atoms with E-state index in [0.29, 0.717) is 0 Å². The molecule has 0 saturated carbocycles. The van der Waals surface area contributed by atoms with E-state index < -0.39 is 0 Å². The van der Waals surface area contributed by atoms with Crippen molar-refractivity contribution in [3.05, 3.63) is 23.1 Å². The Balaban J connectivity index is 0. The van der Waals surface area contributed by atoms with Crippen molar-refractivity contribution in [3.8, 4) is 0 Å². The number of hydrogen-bond acceptors (Lipinski definition) is 1. The maximum atomic E-state index is 6.86. The molecule has 0 rings (SSSR count). The Morgan fingerprint density at radius 2 is 2.14 bits per heavy atom. The van der Waals surface area contributed by atoms with Crippen LogP contribution in [0.4, 0.5) is 0 Å². The van der Waals surface area contributed by atoms with Gasteiger partial charge in [0.05, 0.1) is 0 Å². The summed E-state index contributed by atoms with van der Waals surface area (Å²) in [7, 11) is 0. The Kier molecular flexibility index (Phi) is 24.1. The first kappa shape index (κ1) is 9.96. The smallest absolute Gasteiger partial charge is 0.00208 e. The zero-order valence-electron chi connectivity index (χ0n) is 3.89. The molecule has 0 saturated heterocycles. The van der Waals surface area contributed by atoms with Gasteiger partial charge in [-0.2, -0.15) is 0 Å². The quantitative estimate of drug-likeness (QED) is 0.221. The van der Waals surface area contributed by atoms with E-state index in [9.17, 15) is 0 Å². The first-order valence-corrected chi connectivity index (χ1v) is 3.61. The fourth-order valence-electron chi connectivity index (χ4n) is 0. The van der Waals surface area contributed by atoms with Crippen LogP contribution in [0.2, 0.25) is 4.44 Å². The summed E-state index contributed by atoms with van der Waals surface area (Å²) in [5, 5.41) is 0. The first-order chi connectivity index (χ1) is 3.33. The molecule has 0 spiro atoms. The van der Waals surface area contributed by atoms with Gasteiger partial charge in [0, 0.05) is 0 Å². The van der Waals surface area contributed by atoms with Crippen molar-refractivity contribution in [3.63, 3.8) is 0 Å². The van der Waals surface area contributed by atoms with Crippen LogP contribution in [0.3, 0.4) is 0 Å². The standard InChI is InChI=1S/C3H5.HN3.Sn/c2*1-3-2;/h3H,1-2H2;1H;. The summed E-state index contributed by atoms with van der Waals surface area (Å²) in [6, 6.07) is 0. The van der Waals surface area contributed by atoms with Crippen molar-refractivity contribution in [1.29, 1.82) is 5.53 Å². The number of allylic oxidation sites excluding steroid dienone is 1. The predicted molar refractivity (Wildman–Crippen MR) is 30.2 cm³/mol. The van der Waals surface area contributed by atoms with Crippen molar-refractivity contribution < 1.29 is 0 Å². The zero-order chi connectivity index (χ0) is 6.12. The average molecular weight is 203 g/mol. The van der Waals surface area contributed by atoms with E-state index in [-0.39, 0.29) is 0 Å². The molecule has 0 heterocycles. The minimum Gasteiger partial charge on any atom is -0.108 e. The number of rotatable bonds is 1.